The zero-order chi connectivity index (χ0) is 26.8. The van der Waals surface area contributed by atoms with Gasteiger partial charge in [-0.15, -0.1) is 0 Å². The van der Waals surface area contributed by atoms with Crippen molar-refractivity contribution < 1.29 is 14.3 Å². The largest absolute Gasteiger partial charge is 0.497 e. The number of nitrogens with zero attached hydrogens (tertiary/aromatic N) is 1. The predicted octanol–water partition coefficient (Wildman–Crippen LogP) is 4.16. The second kappa shape index (κ2) is 13.0. The number of rotatable bonds is 9. The van der Waals surface area contributed by atoms with Crippen LogP contribution in [0, 0.1) is 0 Å². The first-order chi connectivity index (χ1) is 17.8. The minimum atomic E-state index is -0.294. The van der Waals surface area contributed by atoms with Gasteiger partial charge in [-0.05, 0) is 68.7 Å². The molecule has 0 atom stereocenters. The number of amides is 2. The highest BCUT2D eigenvalue weighted by atomic mass is 16.5. The summed E-state index contributed by atoms with van der Waals surface area (Å²) in [6, 6.07) is 14.4. The normalized spacial score (nSPS) is 14.9. The van der Waals surface area contributed by atoms with Crippen LogP contribution in [0.4, 0.5) is 11.4 Å². The van der Waals surface area contributed by atoms with Gasteiger partial charge in [0.1, 0.15) is 11.4 Å². The number of hydrogen-bond acceptors (Lipinski definition) is 6. The molecule has 1 aliphatic heterocycles. The van der Waals surface area contributed by atoms with Crippen molar-refractivity contribution in [3.63, 3.8) is 0 Å². The van der Waals surface area contributed by atoms with E-state index in [1.807, 2.05) is 18.2 Å². The summed E-state index contributed by atoms with van der Waals surface area (Å²) in [4.78, 5) is 27.7. The van der Waals surface area contributed by atoms with E-state index in [0.29, 0.717) is 52.7 Å². The first-order valence-corrected chi connectivity index (χ1v) is 12.2. The van der Waals surface area contributed by atoms with Crippen LogP contribution in [-0.4, -0.2) is 36.9 Å². The van der Waals surface area contributed by atoms with E-state index in [0.717, 1.165) is 19.3 Å². The Morgan fingerprint density at radius 3 is 2.41 bits per heavy atom. The van der Waals surface area contributed by atoms with Gasteiger partial charge in [-0.25, -0.2) is 0 Å². The summed E-state index contributed by atoms with van der Waals surface area (Å²) in [5.74, 6) is 0.0365. The van der Waals surface area contributed by atoms with Crippen molar-refractivity contribution >= 4 is 28.9 Å². The van der Waals surface area contributed by atoms with Gasteiger partial charge in [0, 0.05) is 41.3 Å². The number of hydrogen-bond donors (Lipinski definition) is 4. The third-order valence-electron chi connectivity index (χ3n) is 6.02. The number of nitrogens with two attached hydrogens (primary N) is 2. The van der Waals surface area contributed by atoms with E-state index in [9.17, 15) is 9.59 Å². The molecular formula is C29H35N5O3. The molecule has 0 aromatic heterocycles. The highest BCUT2D eigenvalue weighted by molar-refractivity contribution is 6.06. The number of allylic oxidation sites excluding steroid dienone is 3. The smallest absolute Gasteiger partial charge is 0.271 e. The van der Waals surface area contributed by atoms with Crippen molar-refractivity contribution in [1.29, 1.82) is 0 Å². The van der Waals surface area contributed by atoms with Gasteiger partial charge in [-0.3, -0.25) is 9.59 Å². The number of ether oxygens (including phenoxy) is 1. The fourth-order valence-electron chi connectivity index (χ4n) is 3.95. The second-order valence-corrected chi connectivity index (χ2v) is 8.72. The number of methoxy groups -OCH3 is 1. The molecule has 0 aliphatic carbocycles. The van der Waals surface area contributed by atoms with Crippen LogP contribution in [0.25, 0.3) is 5.70 Å². The summed E-state index contributed by atoms with van der Waals surface area (Å²) in [5, 5.41) is 6.07. The molecule has 2 aromatic carbocycles. The zero-order valence-electron chi connectivity index (χ0n) is 21.4. The number of para-hydroxylation sites is 1. The molecule has 8 nitrogen and oxygen atoms in total. The fraction of sp³-hybridized carbons (Fsp3) is 0.241. The summed E-state index contributed by atoms with van der Waals surface area (Å²) >= 11 is 0. The van der Waals surface area contributed by atoms with Crippen LogP contribution in [0.1, 0.15) is 31.7 Å². The highest BCUT2D eigenvalue weighted by Crippen LogP contribution is 2.28. The molecule has 0 bridgehead atoms. The predicted molar refractivity (Wildman–Crippen MR) is 149 cm³/mol. The molecule has 3 rings (SSSR count). The van der Waals surface area contributed by atoms with E-state index in [2.05, 4.69) is 17.2 Å². The quantitative estimate of drug-likeness (QED) is 0.232. The van der Waals surface area contributed by atoms with Gasteiger partial charge < -0.3 is 31.7 Å². The molecule has 0 spiro atoms. The molecule has 6 N–H and O–H groups in total. The second-order valence-electron chi connectivity index (χ2n) is 8.72. The molecule has 0 radical (unpaired) electrons. The molecule has 8 heteroatoms. The Morgan fingerprint density at radius 2 is 1.76 bits per heavy atom. The number of likely N-dealkylation sites (tertiary alicyclic amines) is 1. The van der Waals surface area contributed by atoms with E-state index in [4.69, 9.17) is 16.2 Å². The minimum Gasteiger partial charge on any atom is -0.497 e. The molecule has 0 saturated carbocycles. The van der Waals surface area contributed by atoms with E-state index in [-0.39, 0.29) is 17.5 Å². The molecular weight excluding hydrogens is 466 g/mol. The maximum absolute atomic E-state index is 13.3. The molecule has 1 heterocycles. The molecule has 1 fully saturated rings. The van der Waals surface area contributed by atoms with Crippen molar-refractivity contribution in [2.24, 2.45) is 5.73 Å². The molecule has 1 aliphatic rings. The Kier molecular flexibility index (Phi) is 9.55. The van der Waals surface area contributed by atoms with E-state index in [1.165, 1.54) is 6.08 Å². The Labute approximate surface area is 218 Å². The number of carbonyl (C=O) groups is 2. The number of anilines is 2. The average molecular weight is 502 g/mol. The lowest BCUT2D eigenvalue weighted by Crippen LogP contribution is -2.39. The van der Waals surface area contributed by atoms with Crippen molar-refractivity contribution in [3.05, 3.63) is 95.9 Å². The Balaban J connectivity index is 1.92. The summed E-state index contributed by atoms with van der Waals surface area (Å²) in [7, 11) is 1.56. The zero-order valence-corrected chi connectivity index (χ0v) is 21.4. The van der Waals surface area contributed by atoms with E-state index in [1.54, 1.807) is 61.4 Å². The topological polar surface area (TPSA) is 123 Å². The van der Waals surface area contributed by atoms with Gasteiger partial charge in [0.05, 0.1) is 12.8 Å². The van der Waals surface area contributed by atoms with E-state index >= 15 is 0 Å². The lowest BCUT2D eigenvalue weighted by Gasteiger charge is -2.28. The summed E-state index contributed by atoms with van der Waals surface area (Å²) in [6.07, 6.45) is 7.83. The molecule has 1 saturated heterocycles. The third-order valence-corrected chi connectivity index (χ3v) is 6.02. The monoisotopic (exact) mass is 501 g/mol. The van der Waals surface area contributed by atoms with Crippen LogP contribution >= 0.6 is 0 Å². The fourth-order valence-corrected chi connectivity index (χ4v) is 3.95. The Bertz CT molecular complexity index is 1230. The van der Waals surface area contributed by atoms with Gasteiger partial charge in [0.25, 0.3) is 11.8 Å². The SMILES string of the molecule is C=C/C(=C\C=C(/C)N/C(=C(/N)C(=O)N1CCCCC1)c1cc(OC)ccc1N)C(=O)Nc1ccccc1. The van der Waals surface area contributed by atoms with Crippen molar-refractivity contribution in [3.8, 4) is 5.75 Å². The molecule has 37 heavy (non-hydrogen) atoms. The average Bonchev–Trinajstić information content (AvgIpc) is 2.92. The lowest BCUT2D eigenvalue weighted by atomic mass is 10.0. The summed E-state index contributed by atoms with van der Waals surface area (Å²) in [5.41, 5.74) is 15.9. The van der Waals surface area contributed by atoms with Crippen molar-refractivity contribution in [2.75, 3.05) is 31.2 Å². The molecule has 2 amide bonds. The lowest BCUT2D eigenvalue weighted by molar-refractivity contribution is -0.128. The molecule has 194 valence electrons. The van der Waals surface area contributed by atoms with Crippen LogP contribution in [-0.2, 0) is 9.59 Å². The van der Waals surface area contributed by atoms with Crippen molar-refractivity contribution in [1.82, 2.24) is 10.2 Å². The van der Waals surface area contributed by atoms with Crippen LogP contribution in [0.5, 0.6) is 5.75 Å². The highest BCUT2D eigenvalue weighted by Gasteiger charge is 2.23. The number of benzene rings is 2. The van der Waals surface area contributed by atoms with Gasteiger partial charge in [-0.1, -0.05) is 30.9 Å². The first kappa shape index (κ1) is 27.1. The number of nitrogen functional groups attached to an aromatic ring is 1. The van der Waals surface area contributed by atoms with E-state index < -0.39 is 0 Å². The Hall–Kier alpha value is -4.46. The minimum absolute atomic E-state index is 0.0596. The van der Waals surface area contributed by atoms with Gasteiger partial charge in [0.15, 0.2) is 0 Å². The summed E-state index contributed by atoms with van der Waals surface area (Å²) < 4.78 is 5.37. The van der Waals surface area contributed by atoms with Crippen LogP contribution in [0.2, 0.25) is 0 Å². The molecule has 2 aromatic rings. The maximum atomic E-state index is 13.3. The van der Waals surface area contributed by atoms with Gasteiger partial charge >= 0.3 is 0 Å². The van der Waals surface area contributed by atoms with Gasteiger partial charge in [-0.2, -0.15) is 0 Å². The van der Waals surface area contributed by atoms with Crippen LogP contribution < -0.4 is 26.8 Å². The number of piperidine rings is 1. The molecule has 0 unspecified atom stereocenters. The first-order valence-electron chi connectivity index (χ1n) is 12.2. The van der Waals surface area contributed by atoms with Crippen LogP contribution in [0.15, 0.2) is 90.3 Å². The standard InChI is InChI=1S/C29H35N5O3/c1-4-21(28(35)33-22-11-7-5-8-12-22)14-13-20(2)32-27(24-19-23(37-3)15-16-25(24)30)26(31)29(36)34-17-9-6-10-18-34/h4-5,7-8,11-16,19,32H,1,6,9-10,17-18,30-31H2,2-3H3,(H,33,35)/b20-13+,21-14+,27-26+. The van der Waals surface area contributed by atoms with Crippen LogP contribution in [0.3, 0.4) is 0 Å². The number of carbonyl (C=O) groups excluding carboxylic acids is 2. The third kappa shape index (κ3) is 7.27. The van der Waals surface area contributed by atoms with Gasteiger partial charge in [0.2, 0.25) is 0 Å². The Morgan fingerprint density at radius 1 is 1.05 bits per heavy atom. The number of nitrogens with one attached hydrogen (secondary N) is 2. The summed E-state index contributed by atoms with van der Waals surface area (Å²) in [6.45, 7) is 6.89. The van der Waals surface area contributed by atoms with Crippen molar-refractivity contribution in [2.45, 2.75) is 26.2 Å². The maximum Gasteiger partial charge on any atom is 0.271 e.